The van der Waals surface area contributed by atoms with Crippen molar-refractivity contribution in [2.45, 2.75) is 6.42 Å². The van der Waals surface area contributed by atoms with E-state index < -0.39 is 0 Å². The first kappa shape index (κ1) is 5.47. The van der Waals surface area contributed by atoms with E-state index in [-0.39, 0.29) is 5.97 Å². The summed E-state index contributed by atoms with van der Waals surface area (Å²) in [4.78, 5) is 10.6. The van der Waals surface area contributed by atoms with Gasteiger partial charge in [-0.1, -0.05) is 6.58 Å². The van der Waals surface area contributed by atoms with Crippen molar-refractivity contribution in [2.75, 3.05) is 0 Å². The Morgan fingerprint density at radius 3 is 3.00 bits per heavy atom. The van der Waals surface area contributed by atoms with Crippen molar-refractivity contribution in [3.63, 3.8) is 0 Å². The smallest absolute Gasteiger partial charge is 0.315 e. The van der Waals surface area contributed by atoms with Crippen molar-refractivity contribution in [2.24, 2.45) is 0 Å². The molecule has 1 saturated heterocycles. The monoisotopic (exact) mass is 134 g/mol. The normalized spacial score (nSPS) is 22.0. The van der Waals surface area contributed by atoms with E-state index in [2.05, 4.69) is 6.58 Å². The van der Waals surface area contributed by atoms with E-state index in [1.807, 2.05) is 6.08 Å². The number of hydrogen-bond donors (Lipinski definition) is 0. The lowest BCUT2D eigenvalue weighted by Crippen LogP contribution is -1.89. The zero-order chi connectivity index (χ0) is 7.14. The van der Waals surface area contributed by atoms with Crippen LogP contribution in [0.5, 0.6) is 0 Å². The zero-order valence-electron chi connectivity index (χ0n) is 5.39. The third-order valence-electron chi connectivity index (χ3n) is 1.55. The van der Waals surface area contributed by atoms with Crippen LogP contribution in [0.1, 0.15) is 6.42 Å². The minimum Gasteiger partial charge on any atom is -0.426 e. The summed E-state index contributed by atoms with van der Waals surface area (Å²) in [7, 11) is 0. The Hall–Kier alpha value is -1.31. The number of rotatable bonds is 0. The van der Waals surface area contributed by atoms with Crippen molar-refractivity contribution >= 4 is 5.97 Å². The molecule has 0 N–H and O–H groups in total. The minimum absolute atomic E-state index is 0.162. The standard InChI is InChI=1S/C8H6O2/c1-5-2-6-4-8(9)10-7(6)3-5/h2-3H,1,4H2. The number of fused-ring (bicyclic) bond motifs is 1. The minimum atomic E-state index is -0.162. The van der Waals surface area contributed by atoms with Crippen molar-refractivity contribution in [1.29, 1.82) is 0 Å². The van der Waals surface area contributed by atoms with E-state index in [9.17, 15) is 4.79 Å². The molecule has 1 fully saturated rings. The van der Waals surface area contributed by atoms with Crippen LogP contribution in [0, 0.1) is 0 Å². The summed E-state index contributed by atoms with van der Waals surface area (Å²) < 4.78 is 4.85. The van der Waals surface area contributed by atoms with Gasteiger partial charge in [-0.3, -0.25) is 4.79 Å². The largest absolute Gasteiger partial charge is 0.426 e. The summed E-state index contributed by atoms with van der Waals surface area (Å²) >= 11 is 0. The fraction of sp³-hybridized carbons (Fsp3) is 0.125. The number of carbonyl (C=O) groups excluding carboxylic acids is 1. The maximum atomic E-state index is 10.6. The van der Waals surface area contributed by atoms with Crippen LogP contribution in [-0.2, 0) is 9.53 Å². The third-order valence-corrected chi connectivity index (χ3v) is 1.55. The van der Waals surface area contributed by atoms with Gasteiger partial charge in [0.2, 0.25) is 0 Å². The lowest BCUT2D eigenvalue weighted by atomic mass is 10.2. The van der Waals surface area contributed by atoms with E-state index in [1.54, 1.807) is 6.08 Å². The van der Waals surface area contributed by atoms with Crippen LogP contribution in [0.3, 0.4) is 0 Å². The summed E-state index contributed by atoms with van der Waals surface area (Å²) in [5, 5.41) is 0. The second-order valence-corrected chi connectivity index (χ2v) is 2.40. The van der Waals surface area contributed by atoms with E-state index in [4.69, 9.17) is 4.74 Å². The molecule has 0 radical (unpaired) electrons. The van der Waals surface area contributed by atoms with E-state index in [0.29, 0.717) is 12.2 Å². The zero-order valence-corrected chi connectivity index (χ0v) is 5.39. The summed E-state index contributed by atoms with van der Waals surface area (Å²) in [5.41, 5.74) is 1.88. The number of esters is 1. The molecule has 1 heterocycles. The molecule has 2 aliphatic rings. The number of ether oxygens (including phenoxy) is 1. The molecule has 1 aliphatic carbocycles. The molecule has 0 aromatic carbocycles. The molecular formula is C8H6O2. The van der Waals surface area contributed by atoms with Gasteiger partial charge in [-0.25, -0.2) is 0 Å². The van der Waals surface area contributed by atoms with Crippen molar-refractivity contribution < 1.29 is 9.53 Å². The molecule has 2 heteroatoms. The van der Waals surface area contributed by atoms with Crippen LogP contribution in [0.25, 0.3) is 0 Å². The molecule has 0 spiro atoms. The van der Waals surface area contributed by atoms with Gasteiger partial charge in [0.15, 0.2) is 0 Å². The SMILES string of the molecule is C=C1C=C2CC(=O)OC2=C1. The van der Waals surface area contributed by atoms with Gasteiger partial charge in [-0.2, -0.15) is 0 Å². The number of hydrogen-bond acceptors (Lipinski definition) is 2. The Balaban J connectivity index is 2.43. The second-order valence-electron chi connectivity index (χ2n) is 2.40. The summed E-state index contributed by atoms with van der Waals surface area (Å²) in [6, 6.07) is 0. The molecule has 0 aromatic heterocycles. The van der Waals surface area contributed by atoms with E-state index >= 15 is 0 Å². The quantitative estimate of drug-likeness (QED) is 0.467. The van der Waals surface area contributed by atoms with Crippen LogP contribution in [0.15, 0.2) is 35.6 Å². The molecule has 0 amide bonds. The lowest BCUT2D eigenvalue weighted by Gasteiger charge is -1.88. The lowest BCUT2D eigenvalue weighted by molar-refractivity contribution is -0.135. The summed E-state index contributed by atoms with van der Waals surface area (Å²) in [6.07, 6.45) is 4.06. The highest BCUT2D eigenvalue weighted by molar-refractivity contribution is 5.81. The van der Waals surface area contributed by atoms with E-state index in [1.165, 1.54) is 0 Å². The molecular weight excluding hydrogens is 128 g/mol. The first-order valence-electron chi connectivity index (χ1n) is 3.08. The molecule has 50 valence electrons. The fourth-order valence-corrected chi connectivity index (χ4v) is 1.15. The molecule has 0 unspecified atom stereocenters. The molecule has 1 aliphatic heterocycles. The Morgan fingerprint density at radius 1 is 1.50 bits per heavy atom. The van der Waals surface area contributed by atoms with Crippen molar-refractivity contribution in [3.8, 4) is 0 Å². The van der Waals surface area contributed by atoms with Crippen LogP contribution in [0.4, 0.5) is 0 Å². The predicted molar refractivity (Wildman–Crippen MR) is 36.0 cm³/mol. The predicted octanol–water partition coefficient (Wildman–Crippen LogP) is 1.31. The average Bonchev–Trinajstić information content (AvgIpc) is 2.21. The first-order valence-corrected chi connectivity index (χ1v) is 3.08. The van der Waals surface area contributed by atoms with Crippen LogP contribution in [0.2, 0.25) is 0 Å². The van der Waals surface area contributed by atoms with Crippen LogP contribution >= 0.6 is 0 Å². The van der Waals surface area contributed by atoms with Gasteiger partial charge >= 0.3 is 5.97 Å². The van der Waals surface area contributed by atoms with Gasteiger partial charge in [0, 0.05) is 5.57 Å². The highest BCUT2D eigenvalue weighted by atomic mass is 16.5. The molecule has 0 bridgehead atoms. The second kappa shape index (κ2) is 1.59. The van der Waals surface area contributed by atoms with Crippen molar-refractivity contribution in [1.82, 2.24) is 0 Å². The van der Waals surface area contributed by atoms with Crippen LogP contribution < -0.4 is 0 Å². The molecule has 2 nitrogen and oxygen atoms in total. The summed E-state index contributed by atoms with van der Waals surface area (Å²) in [6.45, 7) is 3.72. The number of allylic oxidation sites excluding steroid dienone is 4. The topological polar surface area (TPSA) is 26.3 Å². The highest BCUT2D eigenvalue weighted by Gasteiger charge is 2.26. The Labute approximate surface area is 58.5 Å². The molecule has 0 saturated carbocycles. The van der Waals surface area contributed by atoms with Gasteiger partial charge in [0.05, 0.1) is 6.42 Å². The van der Waals surface area contributed by atoms with Gasteiger partial charge in [-0.05, 0) is 17.7 Å². The average molecular weight is 134 g/mol. The van der Waals surface area contributed by atoms with Gasteiger partial charge < -0.3 is 4.74 Å². The van der Waals surface area contributed by atoms with Crippen molar-refractivity contribution in [3.05, 3.63) is 35.6 Å². The summed E-state index contributed by atoms with van der Waals surface area (Å²) in [5.74, 6) is 0.528. The highest BCUT2D eigenvalue weighted by Crippen LogP contribution is 2.31. The molecule has 10 heavy (non-hydrogen) atoms. The molecule has 0 atom stereocenters. The first-order chi connectivity index (χ1) is 4.75. The molecule has 0 aromatic rings. The Morgan fingerprint density at radius 2 is 2.30 bits per heavy atom. The van der Waals surface area contributed by atoms with Gasteiger partial charge in [-0.15, -0.1) is 0 Å². The fourth-order valence-electron chi connectivity index (χ4n) is 1.15. The van der Waals surface area contributed by atoms with Gasteiger partial charge in [0.1, 0.15) is 5.76 Å². The number of carbonyl (C=O) groups is 1. The van der Waals surface area contributed by atoms with E-state index in [0.717, 1.165) is 11.1 Å². The maximum Gasteiger partial charge on any atom is 0.315 e. The Kier molecular flexibility index (Phi) is 0.873. The third kappa shape index (κ3) is 0.620. The molecule has 2 rings (SSSR count). The van der Waals surface area contributed by atoms with Crippen LogP contribution in [-0.4, -0.2) is 5.97 Å². The maximum absolute atomic E-state index is 10.6. The Bertz CT molecular complexity index is 256. The van der Waals surface area contributed by atoms with Gasteiger partial charge in [0.25, 0.3) is 0 Å².